The van der Waals surface area contributed by atoms with E-state index in [1.165, 1.54) is 6.42 Å². The van der Waals surface area contributed by atoms with Crippen molar-refractivity contribution in [1.29, 1.82) is 0 Å². The fourth-order valence-electron chi connectivity index (χ4n) is 3.73. The van der Waals surface area contributed by atoms with Crippen molar-refractivity contribution in [1.82, 2.24) is 5.32 Å². The molecule has 1 aliphatic carbocycles. The minimum absolute atomic E-state index is 0.000509. The topological polar surface area (TPSA) is 58.6 Å². The molecule has 0 aromatic heterocycles. The van der Waals surface area contributed by atoms with Crippen LogP contribution < -0.4 is 5.32 Å². The number of carbonyl (C=O) groups is 1. The van der Waals surface area contributed by atoms with Crippen LogP contribution in [0.3, 0.4) is 0 Å². The number of amides is 1. The van der Waals surface area contributed by atoms with Crippen LogP contribution in [0, 0.1) is 0 Å². The summed E-state index contributed by atoms with van der Waals surface area (Å²) in [5, 5.41) is 13.4. The predicted molar refractivity (Wildman–Crippen MR) is 67.1 cm³/mol. The molecule has 4 heteroatoms. The molecule has 3 fully saturated rings. The Morgan fingerprint density at radius 2 is 2.06 bits per heavy atom. The molecule has 1 saturated carbocycles. The molecule has 2 saturated heterocycles. The third kappa shape index (κ3) is 2.54. The molecule has 2 heterocycles. The molecular formula is C14H23NO3. The lowest BCUT2D eigenvalue weighted by Crippen LogP contribution is -2.45. The quantitative estimate of drug-likeness (QED) is 0.801. The summed E-state index contributed by atoms with van der Waals surface area (Å²) < 4.78 is 5.72. The van der Waals surface area contributed by atoms with Gasteiger partial charge in [-0.3, -0.25) is 4.79 Å². The molecule has 3 rings (SSSR count). The Hall–Kier alpha value is -0.610. The maximum Gasteiger partial charge on any atom is 0.223 e. The summed E-state index contributed by atoms with van der Waals surface area (Å²) in [6.07, 6.45) is 8.82. The summed E-state index contributed by atoms with van der Waals surface area (Å²) in [7, 11) is 0. The van der Waals surface area contributed by atoms with Crippen molar-refractivity contribution in [3.8, 4) is 0 Å². The lowest BCUT2D eigenvalue weighted by atomic mass is 9.82. The van der Waals surface area contributed by atoms with Crippen molar-refractivity contribution < 1.29 is 14.6 Å². The number of fused-ring (bicyclic) bond motifs is 2. The van der Waals surface area contributed by atoms with Crippen LogP contribution in [0.25, 0.3) is 0 Å². The number of aliphatic hydroxyl groups is 1. The average molecular weight is 253 g/mol. The highest BCUT2D eigenvalue weighted by molar-refractivity contribution is 5.77. The van der Waals surface area contributed by atoms with Crippen LogP contribution >= 0.6 is 0 Å². The summed E-state index contributed by atoms with van der Waals surface area (Å²) in [5.41, 5.74) is -0.749. The van der Waals surface area contributed by atoms with Crippen molar-refractivity contribution >= 4 is 5.91 Å². The monoisotopic (exact) mass is 253 g/mol. The Morgan fingerprint density at radius 1 is 1.28 bits per heavy atom. The number of hydrogen-bond acceptors (Lipinski definition) is 3. The summed E-state index contributed by atoms with van der Waals surface area (Å²) in [4.78, 5) is 12.0. The minimum Gasteiger partial charge on any atom is -0.389 e. The van der Waals surface area contributed by atoms with Gasteiger partial charge in [0.1, 0.15) is 0 Å². The second-order valence-electron chi connectivity index (χ2n) is 6.25. The van der Waals surface area contributed by atoms with Gasteiger partial charge < -0.3 is 15.2 Å². The first kappa shape index (κ1) is 12.4. The van der Waals surface area contributed by atoms with E-state index < -0.39 is 5.60 Å². The van der Waals surface area contributed by atoms with Gasteiger partial charge in [0, 0.05) is 0 Å². The molecule has 2 bridgehead atoms. The molecule has 0 aromatic carbocycles. The van der Waals surface area contributed by atoms with Crippen LogP contribution in [0.15, 0.2) is 0 Å². The lowest BCUT2D eigenvalue weighted by Gasteiger charge is -2.32. The van der Waals surface area contributed by atoms with Gasteiger partial charge in [-0.15, -0.1) is 0 Å². The van der Waals surface area contributed by atoms with Crippen molar-refractivity contribution in [2.24, 2.45) is 0 Å². The largest absolute Gasteiger partial charge is 0.389 e. The zero-order chi connectivity index (χ0) is 12.6. The molecule has 1 amide bonds. The van der Waals surface area contributed by atoms with Gasteiger partial charge in [0.05, 0.1) is 30.3 Å². The van der Waals surface area contributed by atoms with Gasteiger partial charge in [-0.05, 0) is 32.1 Å². The van der Waals surface area contributed by atoms with Gasteiger partial charge in [-0.25, -0.2) is 0 Å². The Balaban J connectivity index is 1.49. The Bertz CT molecular complexity index is 325. The highest BCUT2D eigenvalue weighted by Gasteiger charge is 2.42. The maximum absolute atomic E-state index is 12.0. The maximum atomic E-state index is 12.0. The molecule has 3 unspecified atom stereocenters. The molecule has 2 N–H and O–H groups in total. The van der Waals surface area contributed by atoms with E-state index in [9.17, 15) is 9.90 Å². The van der Waals surface area contributed by atoms with Crippen LogP contribution in [0.2, 0.25) is 0 Å². The van der Waals surface area contributed by atoms with Gasteiger partial charge in [0.2, 0.25) is 5.91 Å². The zero-order valence-corrected chi connectivity index (χ0v) is 10.9. The molecular weight excluding hydrogens is 230 g/mol. The number of rotatable bonds is 3. The van der Waals surface area contributed by atoms with Gasteiger partial charge in [0.25, 0.3) is 0 Å². The summed E-state index contributed by atoms with van der Waals surface area (Å²) in [5.74, 6) is 0.000509. The smallest absolute Gasteiger partial charge is 0.223 e. The fraction of sp³-hybridized carbons (Fsp3) is 0.929. The normalized spacial score (nSPS) is 37.7. The first-order valence-corrected chi connectivity index (χ1v) is 7.32. The van der Waals surface area contributed by atoms with Crippen LogP contribution in [0.1, 0.15) is 57.8 Å². The highest BCUT2D eigenvalue weighted by Crippen LogP contribution is 2.35. The van der Waals surface area contributed by atoms with Gasteiger partial charge in [-0.2, -0.15) is 0 Å². The van der Waals surface area contributed by atoms with Crippen LogP contribution in [0.4, 0.5) is 0 Å². The molecule has 18 heavy (non-hydrogen) atoms. The van der Waals surface area contributed by atoms with E-state index in [2.05, 4.69) is 5.32 Å². The minimum atomic E-state index is -0.749. The summed E-state index contributed by atoms with van der Waals surface area (Å²) >= 11 is 0. The standard InChI is InChI=1S/C14H23NO3/c16-13(9-14(17)6-2-1-3-7-14)15-11-8-10-4-5-12(11)18-10/h10-12,17H,1-9H2,(H,15,16). The SMILES string of the molecule is O=C(CC1(O)CCCCC1)NC1CC2CCC1O2. The van der Waals surface area contributed by atoms with Crippen LogP contribution in [0.5, 0.6) is 0 Å². The predicted octanol–water partition coefficient (Wildman–Crippen LogP) is 1.51. The zero-order valence-electron chi connectivity index (χ0n) is 10.9. The highest BCUT2D eigenvalue weighted by atomic mass is 16.5. The number of hydrogen-bond donors (Lipinski definition) is 2. The molecule has 3 atom stereocenters. The summed E-state index contributed by atoms with van der Waals surface area (Å²) in [6, 6.07) is 0.184. The van der Waals surface area contributed by atoms with E-state index in [1.54, 1.807) is 0 Å². The van der Waals surface area contributed by atoms with E-state index in [0.29, 0.717) is 6.10 Å². The Labute approximate surface area is 108 Å². The number of nitrogens with one attached hydrogen (secondary N) is 1. The molecule has 0 radical (unpaired) electrons. The van der Waals surface area contributed by atoms with Gasteiger partial charge in [0.15, 0.2) is 0 Å². The Morgan fingerprint density at radius 3 is 2.67 bits per heavy atom. The van der Waals surface area contributed by atoms with Crippen LogP contribution in [-0.2, 0) is 9.53 Å². The van der Waals surface area contributed by atoms with E-state index in [1.807, 2.05) is 0 Å². The molecule has 0 spiro atoms. The van der Waals surface area contributed by atoms with Gasteiger partial charge >= 0.3 is 0 Å². The first-order chi connectivity index (χ1) is 8.65. The molecule has 102 valence electrons. The van der Waals surface area contributed by atoms with E-state index >= 15 is 0 Å². The second kappa shape index (κ2) is 4.82. The molecule has 4 nitrogen and oxygen atoms in total. The van der Waals surface area contributed by atoms with Crippen molar-refractivity contribution in [3.63, 3.8) is 0 Å². The Kier molecular flexibility index (Phi) is 3.32. The lowest BCUT2D eigenvalue weighted by molar-refractivity contribution is -0.128. The third-order valence-corrected chi connectivity index (χ3v) is 4.73. The average Bonchev–Trinajstić information content (AvgIpc) is 2.90. The van der Waals surface area contributed by atoms with Crippen LogP contribution in [-0.4, -0.2) is 34.9 Å². The molecule has 0 aromatic rings. The van der Waals surface area contributed by atoms with Crippen molar-refractivity contribution in [2.45, 2.75) is 81.6 Å². The van der Waals surface area contributed by atoms with E-state index in [0.717, 1.165) is 44.9 Å². The van der Waals surface area contributed by atoms with Gasteiger partial charge in [-0.1, -0.05) is 19.3 Å². The van der Waals surface area contributed by atoms with E-state index in [4.69, 9.17) is 4.74 Å². The first-order valence-electron chi connectivity index (χ1n) is 7.32. The molecule has 2 aliphatic heterocycles. The molecule has 3 aliphatic rings. The number of ether oxygens (including phenoxy) is 1. The number of carbonyl (C=O) groups excluding carboxylic acids is 1. The second-order valence-corrected chi connectivity index (χ2v) is 6.25. The fourth-order valence-corrected chi connectivity index (χ4v) is 3.73. The van der Waals surface area contributed by atoms with E-state index in [-0.39, 0.29) is 24.5 Å². The summed E-state index contributed by atoms with van der Waals surface area (Å²) in [6.45, 7) is 0. The van der Waals surface area contributed by atoms with Crippen molar-refractivity contribution in [3.05, 3.63) is 0 Å². The third-order valence-electron chi connectivity index (χ3n) is 4.73. The van der Waals surface area contributed by atoms with Crippen molar-refractivity contribution in [2.75, 3.05) is 0 Å².